The predicted octanol–water partition coefficient (Wildman–Crippen LogP) is -0.196. The second kappa shape index (κ2) is 6.70. The largest absolute Gasteiger partial charge is 0.504 e. The number of nitrogens with one attached hydrogen (secondary N) is 1. The molecule has 1 aromatic rings. The van der Waals surface area contributed by atoms with Crippen LogP contribution in [0.15, 0.2) is 18.2 Å². The fourth-order valence-corrected chi connectivity index (χ4v) is 1.86. The van der Waals surface area contributed by atoms with Gasteiger partial charge in [0.2, 0.25) is 11.9 Å². The first-order valence-electron chi connectivity index (χ1n) is 6.19. The standard InChI is InChI=1S/C14H15NO7/c1-8(17)14(15-7-16,13(21)22-9(2)18)6-10-3-4-11(19)12(20)5-10/h3-5,7,19-20H,6H2,1-2H3,(H,15,16)/t14-/m1/s1. The van der Waals surface area contributed by atoms with Gasteiger partial charge in [-0.15, -0.1) is 0 Å². The quantitative estimate of drug-likeness (QED) is 0.287. The highest BCUT2D eigenvalue weighted by atomic mass is 16.6. The fraction of sp³-hybridized carbons (Fsp3) is 0.286. The molecule has 0 heterocycles. The Morgan fingerprint density at radius 2 is 1.86 bits per heavy atom. The predicted molar refractivity (Wildman–Crippen MR) is 72.9 cm³/mol. The number of phenolic OH excluding ortho intramolecular Hbond substituents is 2. The van der Waals surface area contributed by atoms with Crippen molar-refractivity contribution >= 4 is 24.1 Å². The molecule has 8 nitrogen and oxygen atoms in total. The molecule has 0 aliphatic carbocycles. The summed E-state index contributed by atoms with van der Waals surface area (Å²) in [6, 6.07) is 3.63. The van der Waals surface area contributed by atoms with Gasteiger partial charge in [-0.3, -0.25) is 14.4 Å². The number of phenols is 2. The van der Waals surface area contributed by atoms with E-state index in [-0.39, 0.29) is 24.1 Å². The highest BCUT2D eigenvalue weighted by Crippen LogP contribution is 2.27. The Hall–Kier alpha value is -2.90. The maximum absolute atomic E-state index is 12.1. The zero-order valence-corrected chi connectivity index (χ0v) is 12.0. The van der Waals surface area contributed by atoms with Gasteiger partial charge in [-0.25, -0.2) is 4.79 Å². The number of rotatable bonds is 6. The Labute approximate surface area is 125 Å². The minimum atomic E-state index is -2.10. The van der Waals surface area contributed by atoms with Crippen LogP contribution in [0.4, 0.5) is 0 Å². The highest BCUT2D eigenvalue weighted by molar-refractivity contribution is 6.11. The molecule has 118 valence electrons. The molecule has 0 aliphatic rings. The van der Waals surface area contributed by atoms with E-state index < -0.39 is 29.0 Å². The van der Waals surface area contributed by atoms with Crippen LogP contribution in [0, 0.1) is 0 Å². The molecular weight excluding hydrogens is 294 g/mol. The van der Waals surface area contributed by atoms with E-state index >= 15 is 0 Å². The first kappa shape index (κ1) is 17.2. The van der Waals surface area contributed by atoms with Crippen LogP contribution in [0.3, 0.4) is 0 Å². The summed E-state index contributed by atoms with van der Waals surface area (Å²) >= 11 is 0. The van der Waals surface area contributed by atoms with Crippen molar-refractivity contribution in [3.05, 3.63) is 23.8 Å². The molecule has 1 atom stereocenters. The van der Waals surface area contributed by atoms with E-state index in [1.54, 1.807) is 0 Å². The maximum Gasteiger partial charge on any atom is 0.347 e. The number of ether oxygens (including phenoxy) is 1. The summed E-state index contributed by atoms with van der Waals surface area (Å²) in [5.74, 6) is -3.75. The molecule has 0 radical (unpaired) electrons. The third kappa shape index (κ3) is 3.60. The molecule has 0 bridgehead atoms. The topological polar surface area (TPSA) is 130 Å². The zero-order valence-electron chi connectivity index (χ0n) is 12.0. The number of aromatic hydroxyl groups is 2. The molecule has 0 aromatic heterocycles. The number of benzene rings is 1. The Kier molecular flexibility index (Phi) is 5.23. The molecule has 0 saturated carbocycles. The third-order valence-corrected chi connectivity index (χ3v) is 3.00. The molecule has 22 heavy (non-hydrogen) atoms. The molecule has 1 amide bonds. The van der Waals surface area contributed by atoms with Crippen molar-refractivity contribution in [2.24, 2.45) is 0 Å². The van der Waals surface area contributed by atoms with Crippen LogP contribution < -0.4 is 5.32 Å². The van der Waals surface area contributed by atoms with Crippen LogP contribution in [0.25, 0.3) is 0 Å². The van der Waals surface area contributed by atoms with E-state index in [1.165, 1.54) is 6.07 Å². The van der Waals surface area contributed by atoms with Crippen LogP contribution in [0.2, 0.25) is 0 Å². The lowest BCUT2D eigenvalue weighted by molar-refractivity contribution is -0.165. The highest BCUT2D eigenvalue weighted by Gasteiger charge is 2.45. The second-order valence-corrected chi connectivity index (χ2v) is 4.60. The van der Waals surface area contributed by atoms with E-state index in [1.807, 2.05) is 0 Å². The number of amides is 1. The first-order valence-corrected chi connectivity index (χ1v) is 6.19. The monoisotopic (exact) mass is 309 g/mol. The SMILES string of the molecule is CC(=O)OC(=O)[C@](Cc1ccc(O)c(O)c1)(NC=O)C(C)=O. The molecule has 1 rings (SSSR count). The Balaban J connectivity index is 3.26. The third-order valence-electron chi connectivity index (χ3n) is 3.00. The van der Waals surface area contributed by atoms with Crippen LogP contribution >= 0.6 is 0 Å². The first-order chi connectivity index (χ1) is 10.2. The van der Waals surface area contributed by atoms with Crippen molar-refractivity contribution in [1.29, 1.82) is 0 Å². The van der Waals surface area contributed by atoms with Gasteiger partial charge in [-0.1, -0.05) is 6.07 Å². The second-order valence-electron chi connectivity index (χ2n) is 4.60. The summed E-state index contributed by atoms with van der Waals surface area (Å²) in [6.45, 7) is 2.04. The molecule has 0 aliphatic heterocycles. The normalized spacial score (nSPS) is 12.8. The van der Waals surface area contributed by atoms with Crippen molar-refractivity contribution in [2.75, 3.05) is 0 Å². The summed E-state index contributed by atoms with van der Waals surface area (Å²) < 4.78 is 4.42. The van der Waals surface area contributed by atoms with Crippen molar-refractivity contribution in [2.45, 2.75) is 25.8 Å². The minimum absolute atomic E-state index is 0.142. The number of carbonyl (C=O) groups excluding carboxylic acids is 4. The lowest BCUT2D eigenvalue weighted by Crippen LogP contribution is -2.59. The lowest BCUT2D eigenvalue weighted by atomic mass is 9.87. The van der Waals surface area contributed by atoms with Gasteiger partial charge in [-0.2, -0.15) is 0 Å². The number of hydrogen-bond acceptors (Lipinski definition) is 7. The van der Waals surface area contributed by atoms with Gasteiger partial charge < -0.3 is 20.3 Å². The van der Waals surface area contributed by atoms with Gasteiger partial charge in [0, 0.05) is 13.3 Å². The minimum Gasteiger partial charge on any atom is -0.504 e. The van der Waals surface area contributed by atoms with Gasteiger partial charge in [0.25, 0.3) is 0 Å². The summed E-state index contributed by atoms with van der Waals surface area (Å²) in [7, 11) is 0. The fourth-order valence-electron chi connectivity index (χ4n) is 1.86. The van der Waals surface area contributed by atoms with Crippen LogP contribution in [-0.4, -0.2) is 39.9 Å². The van der Waals surface area contributed by atoms with Gasteiger partial charge in [-0.05, 0) is 24.6 Å². The van der Waals surface area contributed by atoms with Gasteiger partial charge in [0.15, 0.2) is 17.3 Å². The van der Waals surface area contributed by atoms with E-state index in [0.29, 0.717) is 0 Å². The Bertz CT molecular complexity index is 626. The Morgan fingerprint density at radius 1 is 1.23 bits per heavy atom. The molecule has 3 N–H and O–H groups in total. The van der Waals surface area contributed by atoms with Crippen LogP contribution in [-0.2, 0) is 30.3 Å². The van der Waals surface area contributed by atoms with Gasteiger partial charge >= 0.3 is 11.9 Å². The van der Waals surface area contributed by atoms with Gasteiger partial charge in [0.1, 0.15) is 0 Å². The number of carbonyl (C=O) groups is 4. The van der Waals surface area contributed by atoms with Crippen molar-refractivity contribution in [3.8, 4) is 11.5 Å². The molecule has 0 fully saturated rings. The summed E-state index contributed by atoms with van der Waals surface area (Å²) in [4.78, 5) is 45.7. The maximum atomic E-state index is 12.1. The van der Waals surface area contributed by atoms with Crippen molar-refractivity contribution in [3.63, 3.8) is 0 Å². The molecule has 1 aromatic carbocycles. The van der Waals surface area contributed by atoms with E-state index in [0.717, 1.165) is 26.0 Å². The van der Waals surface area contributed by atoms with E-state index in [4.69, 9.17) is 0 Å². The van der Waals surface area contributed by atoms with Crippen molar-refractivity contribution < 1.29 is 34.1 Å². The average molecular weight is 309 g/mol. The summed E-state index contributed by atoms with van der Waals surface area (Å²) in [5.41, 5.74) is -1.84. The molecule has 0 saturated heterocycles. The Morgan fingerprint density at radius 3 is 2.32 bits per heavy atom. The smallest absolute Gasteiger partial charge is 0.347 e. The number of Topliss-reactive ketones (excluding diaryl/α,β-unsaturated/α-hetero) is 1. The van der Waals surface area contributed by atoms with E-state index in [9.17, 15) is 29.4 Å². The van der Waals surface area contributed by atoms with E-state index in [2.05, 4.69) is 10.1 Å². The van der Waals surface area contributed by atoms with Crippen LogP contribution in [0.5, 0.6) is 11.5 Å². The molecule has 0 spiro atoms. The summed E-state index contributed by atoms with van der Waals surface area (Å²) in [6.07, 6.45) is -0.218. The number of ketones is 1. The van der Waals surface area contributed by atoms with Crippen LogP contribution in [0.1, 0.15) is 19.4 Å². The molecule has 0 unspecified atom stereocenters. The van der Waals surface area contributed by atoms with Crippen molar-refractivity contribution in [1.82, 2.24) is 5.32 Å². The average Bonchev–Trinajstić information content (AvgIpc) is 2.41. The summed E-state index contributed by atoms with van der Waals surface area (Å²) in [5, 5.41) is 20.8. The number of hydrogen-bond donors (Lipinski definition) is 3. The zero-order chi connectivity index (χ0) is 16.9. The lowest BCUT2D eigenvalue weighted by Gasteiger charge is -2.27. The molecule has 8 heteroatoms. The number of esters is 2. The van der Waals surface area contributed by atoms with Gasteiger partial charge in [0.05, 0.1) is 0 Å². The molecular formula is C14H15NO7.